The third kappa shape index (κ3) is 1.16. The van der Waals surface area contributed by atoms with Gasteiger partial charge < -0.3 is 15.3 Å². The summed E-state index contributed by atoms with van der Waals surface area (Å²) in [4.78, 5) is 0. The summed E-state index contributed by atoms with van der Waals surface area (Å²) in [5.74, 6) is -0.156. The van der Waals surface area contributed by atoms with Gasteiger partial charge in [0.15, 0.2) is 5.76 Å². The summed E-state index contributed by atoms with van der Waals surface area (Å²) in [5, 5.41) is 26.3. The Morgan fingerprint density at radius 3 is 2.22 bits per heavy atom. The van der Waals surface area contributed by atoms with E-state index in [1.54, 1.807) is 0 Å². The van der Waals surface area contributed by atoms with Gasteiger partial charge in [-0.25, -0.2) is 0 Å². The first-order chi connectivity index (χ1) is 4.20. The Morgan fingerprint density at radius 1 is 1.11 bits per heavy atom. The molecule has 0 amide bonds. The van der Waals surface area contributed by atoms with Gasteiger partial charge in [-0.2, -0.15) is 0 Å². The predicted octanol–water partition coefficient (Wildman–Crippen LogP) is 1.55. The van der Waals surface area contributed by atoms with Crippen molar-refractivity contribution in [1.29, 1.82) is 0 Å². The fraction of sp³-hybridized carbons (Fsp3) is 0.333. The molecule has 1 aliphatic carbocycles. The van der Waals surface area contributed by atoms with Crippen LogP contribution in [0, 0.1) is 0 Å². The summed E-state index contributed by atoms with van der Waals surface area (Å²) in [6.07, 6.45) is 1.89. The van der Waals surface area contributed by atoms with E-state index in [9.17, 15) is 0 Å². The molecule has 3 heteroatoms. The molecule has 0 aromatic carbocycles. The summed E-state index contributed by atoms with van der Waals surface area (Å²) in [6.45, 7) is 0. The van der Waals surface area contributed by atoms with Crippen LogP contribution in [0.3, 0.4) is 0 Å². The highest BCUT2D eigenvalue weighted by Crippen LogP contribution is 2.17. The molecule has 50 valence electrons. The number of aliphatic hydroxyl groups excluding tert-OH is 3. The van der Waals surface area contributed by atoms with E-state index in [0.29, 0.717) is 12.8 Å². The van der Waals surface area contributed by atoms with Crippen molar-refractivity contribution in [2.75, 3.05) is 0 Å². The molecule has 0 aromatic heterocycles. The maximum atomic E-state index is 8.77. The Hall–Kier alpha value is -1.12. The summed E-state index contributed by atoms with van der Waals surface area (Å²) in [6, 6.07) is 0. The van der Waals surface area contributed by atoms with Gasteiger partial charge in [-0.3, -0.25) is 0 Å². The topological polar surface area (TPSA) is 60.7 Å². The minimum absolute atomic E-state index is 0.0483. The van der Waals surface area contributed by atoms with Crippen molar-refractivity contribution < 1.29 is 15.3 Å². The molecule has 0 aromatic rings. The fourth-order valence-corrected chi connectivity index (χ4v) is 0.688. The number of hydrogen-bond donors (Lipinski definition) is 3. The highest BCUT2D eigenvalue weighted by Gasteiger charge is 2.09. The Bertz CT molecular complexity index is 179. The lowest BCUT2D eigenvalue weighted by molar-refractivity contribution is 0.292. The molecule has 3 nitrogen and oxygen atoms in total. The quantitative estimate of drug-likeness (QED) is 0.463. The average molecular weight is 128 g/mol. The molecule has 0 saturated heterocycles. The van der Waals surface area contributed by atoms with E-state index < -0.39 is 0 Å². The van der Waals surface area contributed by atoms with Gasteiger partial charge in [0.25, 0.3) is 0 Å². The minimum Gasteiger partial charge on any atom is -0.512 e. The van der Waals surface area contributed by atoms with Gasteiger partial charge in [0, 0.05) is 18.9 Å². The first kappa shape index (κ1) is 6.01. The van der Waals surface area contributed by atoms with E-state index in [-0.39, 0.29) is 17.3 Å². The molecule has 0 saturated carbocycles. The summed E-state index contributed by atoms with van der Waals surface area (Å²) in [7, 11) is 0. The van der Waals surface area contributed by atoms with Crippen LogP contribution in [0.15, 0.2) is 23.4 Å². The maximum absolute atomic E-state index is 8.77. The van der Waals surface area contributed by atoms with Gasteiger partial charge in [-0.1, -0.05) is 0 Å². The summed E-state index contributed by atoms with van der Waals surface area (Å²) < 4.78 is 0. The molecular formula is C6H8O3. The van der Waals surface area contributed by atoms with E-state index in [0.717, 1.165) is 6.08 Å². The lowest BCUT2D eigenvalue weighted by atomic mass is 10.1. The Morgan fingerprint density at radius 2 is 1.78 bits per heavy atom. The normalized spacial score (nSPS) is 19.8. The third-order valence-corrected chi connectivity index (χ3v) is 1.22. The van der Waals surface area contributed by atoms with Crippen molar-refractivity contribution in [2.24, 2.45) is 0 Å². The van der Waals surface area contributed by atoms with Crippen LogP contribution in [0.1, 0.15) is 12.8 Å². The summed E-state index contributed by atoms with van der Waals surface area (Å²) in [5.41, 5.74) is 0. The van der Waals surface area contributed by atoms with E-state index in [2.05, 4.69) is 0 Å². The number of aliphatic hydroxyl groups is 3. The van der Waals surface area contributed by atoms with E-state index >= 15 is 0 Å². The lowest BCUT2D eigenvalue weighted by Gasteiger charge is -2.07. The van der Waals surface area contributed by atoms with Crippen LogP contribution in [0.4, 0.5) is 0 Å². The van der Waals surface area contributed by atoms with Crippen molar-refractivity contribution in [2.45, 2.75) is 12.8 Å². The van der Waals surface area contributed by atoms with Crippen molar-refractivity contribution in [3.05, 3.63) is 23.4 Å². The first-order valence-electron chi connectivity index (χ1n) is 2.71. The van der Waals surface area contributed by atoms with Gasteiger partial charge in [0.2, 0.25) is 0 Å². The minimum atomic E-state index is -0.223. The predicted molar refractivity (Wildman–Crippen MR) is 32.2 cm³/mol. The molecule has 0 atom stereocenters. The van der Waals surface area contributed by atoms with Crippen LogP contribution in [0.25, 0.3) is 0 Å². The van der Waals surface area contributed by atoms with Gasteiger partial charge in [0.05, 0.1) is 5.76 Å². The largest absolute Gasteiger partial charge is 0.512 e. The number of hydrogen-bond acceptors (Lipinski definition) is 3. The van der Waals surface area contributed by atoms with E-state index in [1.807, 2.05) is 0 Å². The SMILES string of the molecule is OC1=CC(O)=C(O)CC1. The molecule has 0 heterocycles. The standard InChI is InChI=1S/C6H8O3/c7-4-1-2-5(8)6(9)3-4/h3,7-9H,1-2H2. The Balaban J connectivity index is 2.83. The molecule has 0 unspecified atom stereocenters. The number of rotatable bonds is 0. The second-order valence-corrected chi connectivity index (χ2v) is 1.97. The smallest absolute Gasteiger partial charge is 0.156 e. The zero-order valence-electron chi connectivity index (χ0n) is 4.83. The van der Waals surface area contributed by atoms with Gasteiger partial charge in [-0.15, -0.1) is 0 Å². The molecule has 1 aliphatic rings. The van der Waals surface area contributed by atoms with E-state index in [1.165, 1.54) is 0 Å². The van der Waals surface area contributed by atoms with Crippen molar-refractivity contribution in [3.8, 4) is 0 Å². The molecule has 9 heavy (non-hydrogen) atoms. The first-order valence-corrected chi connectivity index (χ1v) is 2.71. The van der Waals surface area contributed by atoms with Gasteiger partial charge >= 0.3 is 0 Å². The molecule has 0 radical (unpaired) electrons. The third-order valence-electron chi connectivity index (χ3n) is 1.22. The fourth-order valence-electron chi connectivity index (χ4n) is 0.688. The Kier molecular flexibility index (Phi) is 1.34. The Labute approximate surface area is 52.6 Å². The molecule has 0 bridgehead atoms. The van der Waals surface area contributed by atoms with Crippen molar-refractivity contribution >= 4 is 0 Å². The molecule has 0 fully saturated rings. The maximum Gasteiger partial charge on any atom is 0.156 e. The second-order valence-electron chi connectivity index (χ2n) is 1.97. The molecule has 3 N–H and O–H groups in total. The van der Waals surface area contributed by atoms with Crippen LogP contribution in [0.2, 0.25) is 0 Å². The second kappa shape index (κ2) is 2.01. The van der Waals surface area contributed by atoms with Crippen LogP contribution < -0.4 is 0 Å². The van der Waals surface area contributed by atoms with Crippen LogP contribution in [0.5, 0.6) is 0 Å². The average Bonchev–Trinajstić information content (AvgIpc) is 1.80. The van der Waals surface area contributed by atoms with Crippen molar-refractivity contribution in [1.82, 2.24) is 0 Å². The monoisotopic (exact) mass is 128 g/mol. The van der Waals surface area contributed by atoms with E-state index in [4.69, 9.17) is 15.3 Å². The van der Waals surface area contributed by atoms with Crippen LogP contribution in [-0.2, 0) is 0 Å². The van der Waals surface area contributed by atoms with Crippen molar-refractivity contribution in [3.63, 3.8) is 0 Å². The molecule has 1 rings (SSSR count). The van der Waals surface area contributed by atoms with Gasteiger partial charge in [0.1, 0.15) is 5.76 Å². The van der Waals surface area contributed by atoms with Gasteiger partial charge in [-0.05, 0) is 0 Å². The zero-order valence-corrected chi connectivity index (χ0v) is 4.83. The lowest BCUT2D eigenvalue weighted by Crippen LogP contribution is -1.97. The summed E-state index contributed by atoms with van der Waals surface area (Å²) >= 11 is 0. The molecule has 0 aliphatic heterocycles. The highest BCUT2D eigenvalue weighted by atomic mass is 16.3. The zero-order chi connectivity index (χ0) is 6.85. The molecular weight excluding hydrogens is 120 g/mol. The number of allylic oxidation sites excluding steroid dienone is 3. The van der Waals surface area contributed by atoms with Crippen LogP contribution >= 0.6 is 0 Å². The highest BCUT2D eigenvalue weighted by molar-refractivity contribution is 5.21. The molecule has 0 spiro atoms. The van der Waals surface area contributed by atoms with Crippen LogP contribution in [-0.4, -0.2) is 15.3 Å².